The van der Waals surface area contributed by atoms with E-state index < -0.39 is 0 Å². The Morgan fingerprint density at radius 3 is 2.14 bits per heavy atom. The monoisotopic (exact) mass is 285 g/mol. The number of hydrogen-bond donors (Lipinski definition) is 1. The lowest BCUT2D eigenvalue weighted by Gasteiger charge is -2.25. The normalized spacial score (nSPS) is 16.1. The molecule has 4 heteroatoms. The van der Waals surface area contributed by atoms with Crippen molar-refractivity contribution in [1.29, 1.82) is 0 Å². The highest BCUT2D eigenvalue weighted by Gasteiger charge is 2.21. The van der Waals surface area contributed by atoms with Gasteiger partial charge in [0.25, 0.3) is 0 Å². The van der Waals surface area contributed by atoms with Gasteiger partial charge in [-0.1, -0.05) is 0 Å². The van der Waals surface area contributed by atoms with E-state index in [1.165, 1.54) is 17.7 Å². The zero-order valence-corrected chi connectivity index (χ0v) is 12.5. The SMILES string of the molecule is Cc1nc(-c2ccc(F)cc2)nc(C)c1C1CCNCC1. The second-order valence-corrected chi connectivity index (χ2v) is 5.66. The first-order valence-corrected chi connectivity index (χ1v) is 7.47. The number of halogens is 1. The maximum absolute atomic E-state index is 13.0. The molecule has 1 fully saturated rings. The molecule has 0 radical (unpaired) electrons. The Hall–Kier alpha value is -1.81. The highest BCUT2D eigenvalue weighted by Crippen LogP contribution is 2.30. The van der Waals surface area contributed by atoms with Gasteiger partial charge in [0.2, 0.25) is 0 Å². The van der Waals surface area contributed by atoms with Gasteiger partial charge in [-0.3, -0.25) is 0 Å². The van der Waals surface area contributed by atoms with E-state index in [0.29, 0.717) is 11.7 Å². The van der Waals surface area contributed by atoms with Gasteiger partial charge in [0.1, 0.15) is 5.82 Å². The molecule has 1 aliphatic heterocycles. The van der Waals surface area contributed by atoms with Crippen LogP contribution in [0.25, 0.3) is 11.4 Å². The number of benzene rings is 1. The van der Waals surface area contributed by atoms with Crippen molar-refractivity contribution in [2.75, 3.05) is 13.1 Å². The molecule has 1 saturated heterocycles. The summed E-state index contributed by atoms with van der Waals surface area (Å²) in [5, 5.41) is 3.39. The largest absolute Gasteiger partial charge is 0.317 e. The Morgan fingerprint density at radius 2 is 1.57 bits per heavy atom. The molecule has 1 N–H and O–H groups in total. The first kappa shape index (κ1) is 14.1. The maximum Gasteiger partial charge on any atom is 0.159 e. The third-order valence-corrected chi connectivity index (χ3v) is 4.18. The number of aromatic nitrogens is 2. The Bertz CT molecular complexity index is 608. The summed E-state index contributed by atoms with van der Waals surface area (Å²) in [6, 6.07) is 6.36. The van der Waals surface area contributed by atoms with Crippen LogP contribution < -0.4 is 5.32 Å². The summed E-state index contributed by atoms with van der Waals surface area (Å²) in [6.45, 7) is 6.23. The fraction of sp³-hybridized carbons (Fsp3) is 0.412. The average Bonchev–Trinajstić information content (AvgIpc) is 2.48. The van der Waals surface area contributed by atoms with Crippen LogP contribution in [-0.4, -0.2) is 23.1 Å². The Balaban J connectivity index is 1.97. The van der Waals surface area contributed by atoms with E-state index in [1.807, 2.05) is 0 Å². The van der Waals surface area contributed by atoms with Crippen molar-refractivity contribution >= 4 is 0 Å². The predicted octanol–water partition coefficient (Wildman–Crippen LogP) is 3.37. The van der Waals surface area contributed by atoms with Crippen molar-refractivity contribution in [3.05, 3.63) is 47.0 Å². The molecule has 110 valence electrons. The van der Waals surface area contributed by atoms with Gasteiger partial charge in [-0.05, 0) is 75.5 Å². The molecule has 1 aromatic heterocycles. The molecular formula is C17H20FN3. The number of nitrogens with zero attached hydrogens (tertiary/aromatic N) is 2. The summed E-state index contributed by atoms with van der Waals surface area (Å²) < 4.78 is 13.0. The van der Waals surface area contributed by atoms with E-state index in [1.54, 1.807) is 12.1 Å². The van der Waals surface area contributed by atoms with E-state index in [2.05, 4.69) is 29.1 Å². The molecule has 0 unspecified atom stereocenters. The summed E-state index contributed by atoms with van der Waals surface area (Å²) in [4.78, 5) is 9.31. The second-order valence-electron chi connectivity index (χ2n) is 5.66. The molecule has 0 bridgehead atoms. The van der Waals surface area contributed by atoms with Crippen LogP contribution >= 0.6 is 0 Å². The van der Waals surface area contributed by atoms with Gasteiger partial charge in [-0.25, -0.2) is 14.4 Å². The van der Waals surface area contributed by atoms with Crippen LogP contribution in [0, 0.1) is 19.7 Å². The quantitative estimate of drug-likeness (QED) is 0.919. The molecule has 3 nitrogen and oxygen atoms in total. The van der Waals surface area contributed by atoms with Gasteiger partial charge in [0.05, 0.1) is 0 Å². The third kappa shape index (κ3) is 2.95. The van der Waals surface area contributed by atoms with Crippen molar-refractivity contribution in [3.63, 3.8) is 0 Å². The van der Waals surface area contributed by atoms with Crippen LogP contribution in [0.2, 0.25) is 0 Å². The number of nitrogens with one attached hydrogen (secondary N) is 1. The van der Waals surface area contributed by atoms with Crippen LogP contribution in [0.3, 0.4) is 0 Å². The molecule has 2 aromatic rings. The van der Waals surface area contributed by atoms with Gasteiger partial charge in [-0.2, -0.15) is 0 Å². The smallest absolute Gasteiger partial charge is 0.159 e. The van der Waals surface area contributed by atoms with E-state index in [9.17, 15) is 4.39 Å². The van der Waals surface area contributed by atoms with E-state index in [-0.39, 0.29) is 5.82 Å². The molecule has 3 rings (SSSR count). The third-order valence-electron chi connectivity index (χ3n) is 4.18. The summed E-state index contributed by atoms with van der Waals surface area (Å²) in [5.41, 5.74) is 4.25. The molecule has 0 atom stereocenters. The minimum Gasteiger partial charge on any atom is -0.317 e. The first-order chi connectivity index (χ1) is 10.1. The van der Waals surface area contributed by atoms with Crippen LogP contribution in [0.15, 0.2) is 24.3 Å². The Morgan fingerprint density at radius 1 is 1.00 bits per heavy atom. The number of rotatable bonds is 2. The second kappa shape index (κ2) is 5.90. The van der Waals surface area contributed by atoms with Crippen LogP contribution in [0.4, 0.5) is 4.39 Å². The molecule has 21 heavy (non-hydrogen) atoms. The summed E-state index contributed by atoms with van der Waals surface area (Å²) >= 11 is 0. The molecule has 1 aromatic carbocycles. The highest BCUT2D eigenvalue weighted by atomic mass is 19.1. The maximum atomic E-state index is 13.0. The standard InChI is InChI=1S/C17H20FN3/c1-11-16(13-7-9-19-10-8-13)12(2)21-17(20-11)14-3-5-15(18)6-4-14/h3-6,13,19H,7-10H2,1-2H3. The first-order valence-electron chi connectivity index (χ1n) is 7.47. The topological polar surface area (TPSA) is 37.8 Å². The van der Waals surface area contributed by atoms with E-state index in [4.69, 9.17) is 0 Å². The highest BCUT2D eigenvalue weighted by molar-refractivity contribution is 5.55. The van der Waals surface area contributed by atoms with E-state index >= 15 is 0 Å². The lowest BCUT2D eigenvalue weighted by atomic mass is 9.88. The van der Waals surface area contributed by atoms with Gasteiger partial charge < -0.3 is 5.32 Å². The Labute approximate surface area is 124 Å². The molecule has 0 spiro atoms. The zero-order valence-electron chi connectivity index (χ0n) is 12.5. The van der Waals surface area contributed by atoms with Crippen molar-refractivity contribution < 1.29 is 4.39 Å². The minimum atomic E-state index is -0.237. The average molecular weight is 285 g/mol. The summed E-state index contributed by atoms with van der Waals surface area (Å²) in [7, 11) is 0. The van der Waals surface area contributed by atoms with Crippen LogP contribution in [0.5, 0.6) is 0 Å². The molecule has 0 aliphatic carbocycles. The fourth-order valence-electron chi connectivity index (χ4n) is 3.15. The molecule has 0 saturated carbocycles. The van der Waals surface area contributed by atoms with Gasteiger partial charge in [-0.15, -0.1) is 0 Å². The lowest BCUT2D eigenvalue weighted by Crippen LogP contribution is -2.27. The van der Waals surface area contributed by atoms with Gasteiger partial charge >= 0.3 is 0 Å². The lowest BCUT2D eigenvalue weighted by molar-refractivity contribution is 0.455. The number of piperidine rings is 1. The molecular weight excluding hydrogens is 265 g/mol. The van der Waals surface area contributed by atoms with Crippen LogP contribution in [-0.2, 0) is 0 Å². The van der Waals surface area contributed by atoms with Crippen LogP contribution in [0.1, 0.15) is 35.7 Å². The van der Waals surface area contributed by atoms with Crippen molar-refractivity contribution in [2.24, 2.45) is 0 Å². The van der Waals surface area contributed by atoms with Gasteiger partial charge in [0, 0.05) is 17.0 Å². The van der Waals surface area contributed by atoms with Crippen molar-refractivity contribution in [3.8, 4) is 11.4 Å². The molecule has 0 amide bonds. The summed E-state index contributed by atoms with van der Waals surface area (Å²) in [6.07, 6.45) is 2.28. The Kier molecular flexibility index (Phi) is 3.97. The minimum absolute atomic E-state index is 0.237. The number of hydrogen-bond acceptors (Lipinski definition) is 3. The summed E-state index contributed by atoms with van der Waals surface area (Å²) in [5.74, 6) is 0.995. The molecule has 2 heterocycles. The predicted molar refractivity (Wildman–Crippen MR) is 81.7 cm³/mol. The van der Waals surface area contributed by atoms with E-state index in [0.717, 1.165) is 42.9 Å². The van der Waals surface area contributed by atoms with Gasteiger partial charge in [0.15, 0.2) is 5.82 Å². The van der Waals surface area contributed by atoms with Crippen molar-refractivity contribution in [1.82, 2.24) is 15.3 Å². The zero-order chi connectivity index (χ0) is 14.8. The van der Waals surface area contributed by atoms with Crippen molar-refractivity contribution in [2.45, 2.75) is 32.6 Å². The number of aryl methyl sites for hydroxylation is 2. The molecule has 1 aliphatic rings. The fourth-order valence-corrected chi connectivity index (χ4v) is 3.15.